The van der Waals surface area contributed by atoms with Gasteiger partial charge in [-0.15, -0.1) is 0 Å². The summed E-state index contributed by atoms with van der Waals surface area (Å²) in [5.74, 6) is 0.810. The van der Waals surface area contributed by atoms with Crippen LogP contribution in [0.5, 0.6) is 0 Å². The number of thiophene rings is 1. The van der Waals surface area contributed by atoms with E-state index < -0.39 is 0 Å². The number of nitrogens with one attached hydrogen (secondary N) is 1. The lowest BCUT2D eigenvalue weighted by atomic mass is 10.1. The summed E-state index contributed by atoms with van der Waals surface area (Å²) in [5.41, 5.74) is 1.96. The van der Waals surface area contributed by atoms with E-state index in [1.807, 2.05) is 11.6 Å². The normalized spacial score (nSPS) is 22.4. The predicted octanol–water partition coefficient (Wildman–Crippen LogP) is 3.48. The second-order valence-corrected chi connectivity index (χ2v) is 7.66. The number of H-pyrrole nitrogens is 1. The molecule has 0 amide bonds. The molecule has 0 bridgehead atoms. The zero-order chi connectivity index (χ0) is 15.1. The van der Waals surface area contributed by atoms with E-state index >= 15 is 0 Å². The lowest BCUT2D eigenvalue weighted by Gasteiger charge is -2.26. The lowest BCUT2D eigenvalue weighted by Crippen LogP contribution is -2.21. The molecule has 2 aliphatic rings. The molecule has 0 radical (unpaired) electrons. The summed E-state index contributed by atoms with van der Waals surface area (Å²) < 4.78 is 7.40. The lowest BCUT2D eigenvalue weighted by molar-refractivity contribution is 0.0666. The third kappa shape index (κ3) is 2.37. The maximum absolute atomic E-state index is 12.6. The average molecular weight is 335 g/mol. The molecule has 2 aromatic rings. The molecule has 116 valence electrons. The Hall–Kier alpha value is -1.31. The molecule has 2 aliphatic heterocycles. The Balaban J connectivity index is 1.82. The fourth-order valence-electron chi connectivity index (χ4n) is 3.08. The summed E-state index contributed by atoms with van der Waals surface area (Å²) in [5, 5.41) is 8.25. The van der Waals surface area contributed by atoms with Gasteiger partial charge in [0, 0.05) is 13.2 Å². The van der Waals surface area contributed by atoms with E-state index in [-0.39, 0.29) is 16.9 Å². The van der Waals surface area contributed by atoms with Crippen LogP contribution < -0.4 is 5.56 Å². The number of aromatic amines is 1. The van der Waals surface area contributed by atoms with E-state index in [1.165, 1.54) is 5.56 Å². The summed E-state index contributed by atoms with van der Waals surface area (Å²) >= 11 is 3.32. The highest BCUT2D eigenvalue weighted by Crippen LogP contribution is 2.45. The molecule has 4 heterocycles. The molecule has 2 aromatic heterocycles. The van der Waals surface area contributed by atoms with E-state index in [0.29, 0.717) is 0 Å². The Morgan fingerprint density at radius 2 is 2.23 bits per heavy atom. The maximum atomic E-state index is 12.6. The van der Waals surface area contributed by atoms with Crippen molar-refractivity contribution in [3.8, 4) is 0 Å². The van der Waals surface area contributed by atoms with Crippen LogP contribution in [0.4, 0.5) is 5.82 Å². The van der Waals surface area contributed by atoms with Crippen LogP contribution in [0.15, 0.2) is 26.6 Å². The number of hydrogen-bond donors (Lipinski definition) is 1. The standard InChI is InChI=1S/C15H17N3O2S2/c1-9-16-14-12(13(22-9)10-4-7-21-8-10)15(19)17-18(14)11-2-5-20-6-3-11/h4,7-8,11,13H,2-3,5-6H2,1H3,(H,17,19). The van der Waals surface area contributed by atoms with E-state index in [0.717, 1.165) is 42.5 Å². The van der Waals surface area contributed by atoms with Crippen molar-refractivity contribution in [2.24, 2.45) is 4.99 Å². The van der Waals surface area contributed by atoms with Gasteiger partial charge in [0.15, 0.2) is 5.82 Å². The van der Waals surface area contributed by atoms with Gasteiger partial charge in [-0.3, -0.25) is 14.6 Å². The summed E-state index contributed by atoms with van der Waals surface area (Å²) in [6.07, 6.45) is 1.84. The largest absolute Gasteiger partial charge is 0.381 e. The topological polar surface area (TPSA) is 59.4 Å². The van der Waals surface area contributed by atoms with Crippen molar-refractivity contribution in [2.45, 2.75) is 31.1 Å². The molecule has 22 heavy (non-hydrogen) atoms. The third-order valence-corrected chi connectivity index (χ3v) is 6.03. The van der Waals surface area contributed by atoms with Gasteiger partial charge in [0.2, 0.25) is 0 Å². The molecule has 1 atom stereocenters. The maximum Gasteiger partial charge on any atom is 0.271 e. The van der Waals surface area contributed by atoms with E-state index in [9.17, 15) is 4.79 Å². The summed E-state index contributed by atoms with van der Waals surface area (Å²) in [4.78, 5) is 17.2. The smallest absolute Gasteiger partial charge is 0.271 e. The van der Waals surface area contributed by atoms with Gasteiger partial charge >= 0.3 is 0 Å². The zero-order valence-electron chi connectivity index (χ0n) is 12.2. The SMILES string of the molecule is CC1=Nc2c(c(=O)[nH]n2C2CCOCC2)C(c2ccsc2)S1. The molecule has 1 N–H and O–H groups in total. The van der Waals surface area contributed by atoms with Gasteiger partial charge in [-0.1, -0.05) is 11.8 Å². The second kappa shape index (κ2) is 5.72. The van der Waals surface area contributed by atoms with Crippen LogP contribution in [-0.2, 0) is 4.74 Å². The molecule has 0 spiro atoms. The number of thioether (sulfide) groups is 1. The van der Waals surface area contributed by atoms with Crippen molar-refractivity contribution in [1.29, 1.82) is 0 Å². The molecule has 5 nitrogen and oxygen atoms in total. The average Bonchev–Trinajstić information content (AvgIpc) is 3.16. The van der Waals surface area contributed by atoms with Crippen molar-refractivity contribution < 1.29 is 4.74 Å². The van der Waals surface area contributed by atoms with Crippen molar-refractivity contribution >= 4 is 34.0 Å². The highest BCUT2D eigenvalue weighted by molar-refractivity contribution is 8.14. The first kappa shape index (κ1) is 14.3. The molecular weight excluding hydrogens is 318 g/mol. The van der Waals surface area contributed by atoms with Crippen molar-refractivity contribution in [1.82, 2.24) is 9.78 Å². The zero-order valence-corrected chi connectivity index (χ0v) is 13.9. The van der Waals surface area contributed by atoms with Crippen LogP contribution in [0.1, 0.15) is 42.2 Å². The van der Waals surface area contributed by atoms with Gasteiger partial charge < -0.3 is 4.74 Å². The Kier molecular flexibility index (Phi) is 3.71. The minimum Gasteiger partial charge on any atom is -0.381 e. The first-order valence-electron chi connectivity index (χ1n) is 7.40. The van der Waals surface area contributed by atoms with Gasteiger partial charge in [-0.25, -0.2) is 4.99 Å². The summed E-state index contributed by atoms with van der Waals surface area (Å²) in [6, 6.07) is 2.36. The number of nitrogens with zero attached hydrogens (tertiary/aromatic N) is 2. The van der Waals surface area contributed by atoms with Gasteiger partial charge in [-0.2, -0.15) is 11.3 Å². The molecular formula is C15H17N3O2S2. The number of aromatic nitrogens is 2. The fraction of sp³-hybridized carbons (Fsp3) is 0.467. The minimum atomic E-state index is -0.0126. The van der Waals surface area contributed by atoms with Crippen LogP contribution in [-0.4, -0.2) is 28.0 Å². The van der Waals surface area contributed by atoms with Crippen molar-refractivity contribution in [3.05, 3.63) is 38.3 Å². The number of rotatable bonds is 2. The second-order valence-electron chi connectivity index (χ2n) is 5.58. The number of aliphatic imine (C=N–C) groups is 1. The minimum absolute atomic E-state index is 0.0126. The molecule has 0 aliphatic carbocycles. The Bertz CT molecular complexity index is 754. The van der Waals surface area contributed by atoms with Gasteiger partial charge in [0.25, 0.3) is 5.56 Å². The number of hydrogen-bond acceptors (Lipinski definition) is 5. The van der Waals surface area contributed by atoms with Crippen molar-refractivity contribution in [3.63, 3.8) is 0 Å². The van der Waals surface area contributed by atoms with E-state index in [2.05, 4.69) is 26.9 Å². The summed E-state index contributed by atoms with van der Waals surface area (Å²) in [7, 11) is 0. The number of fused-ring (bicyclic) bond motifs is 1. The molecule has 4 rings (SSSR count). The van der Waals surface area contributed by atoms with Gasteiger partial charge in [-0.05, 0) is 42.2 Å². The monoisotopic (exact) mass is 335 g/mol. The Morgan fingerprint density at radius 3 is 2.95 bits per heavy atom. The van der Waals surface area contributed by atoms with Crippen LogP contribution in [0.3, 0.4) is 0 Å². The highest BCUT2D eigenvalue weighted by Gasteiger charge is 2.32. The quantitative estimate of drug-likeness (QED) is 0.914. The predicted molar refractivity (Wildman–Crippen MR) is 90.7 cm³/mol. The molecule has 1 fully saturated rings. The molecule has 1 unspecified atom stereocenters. The Labute approximate surface area is 136 Å². The molecule has 7 heteroatoms. The molecule has 1 saturated heterocycles. The molecule has 0 aromatic carbocycles. The van der Waals surface area contributed by atoms with Gasteiger partial charge in [0.05, 0.1) is 21.9 Å². The van der Waals surface area contributed by atoms with Crippen LogP contribution >= 0.6 is 23.1 Å². The number of ether oxygens (including phenoxy) is 1. The first-order valence-corrected chi connectivity index (χ1v) is 9.22. The van der Waals surface area contributed by atoms with Gasteiger partial charge in [0.1, 0.15) is 0 Å². The summed E-state index contributed by atoms with van der Waals surface area (Å²) in [6.45, 7) is 3.49. The van der Waals surface area contributed by atoms with Crippen LogP contribution in [0, 0.1) is 0 Å². The van der Waals surface area contributed by atoms with E-state index in [1.54, 1.807) is 23.1 Å². The van der Waals surface area contributed by atoms with Crippen LogP contribution in [0.2, 0.25) is 0 Å². The van der Waals surface area contributed by atoms with Crippen molar-refractivity contribution in [2.75, 3.05) is 13.2 Å². The van der Waals surface area contributed by atoms with E-state index in [4.69, 9.17) is 4.74 Å². The third-order valence-electron chi connectivity index (χ3n) is 4.15. The Morgan fingerprint density at radius 1 is 1.41 bits per heavy atom. The highest BCUT2D eigenvalue weighted by atomic mass is 32.2. The molecule has 0 saturated carbocycles. The van der Waals surface area contributed by atoms with Crippen LogP contribution in [0.25, 0.3) is 0 Å². The first-order chi connectivity index (χ1) is 10.7. The fourth-order valence-corrected chi connectivity index (χ4v) is 4.94.